The predicted octanol–water partition coefficient (Wildman–Crippen LogP) is 0.872. The van der Waals surface area contributed by atoms with Gasteiger partial charge in [-0.15, -0.1) is 5.10 Å². The lowest BCUT2D eigenvalue weighted by molar-refractivity contribution is 0.312. The van der Waals surface area contributed by atoms with Gasteiger partial charge in [0, 0.05) is 26.2 Å². The Morgan fingerprint density at radius 1 is 1.14 bits per heavy atom. The monoisotopic (exact) mass is 301 g/mol. The molecule has 0 N–H and O–H groups in total. The highest BCUT2D eigenvalue weighted by atomic mass is 19.1. The molecule has 1 aromatic carbocycles. The first-order valence-corrected chi connectivity index (χ1v) is 7.25. The maximum absolute atomic E-state index is 14.5. The molecule has 2 aromatic heterocycles. The van der Waals surface area contributed by atoms with Gasteiger partial charge >= 0.3 is 0 Å². The van der Waals surface area contributed by atoms with Crippen molar-refractivity contribution < 1.29 is 4.39 Å². The Morgan fingerprint density at radius 2 is 1.91 bits per heavy atom. The normalized spacial score (nSPS) is 16.8. The number of piperazine rings is 1. The number of benzene rings is 1. The van der Waals surface area contributed by atoms with E-state index in [-0.39, 0.29) is 5.82 Å². The molecule has 3 aromatic rings. The molecule has 22 heavy (non-hydrogen) atoms. The number of halogens is 1. The van der Waals surface area contributed by atoms with Gasteiger partial charge in [-0.2, -0.15) is 4.52 Å². The summed E-state index contributed by atoms with van der Waals surface area (Å²) >= 11 is 0. The van der Waals surface area contributed by atoms with Crippen LogP contribution in [0.15, 0.2) is 12.1 Å². The Bertz CT molecular complexity index is 851. The fraction of sp³-hybridized carbons (Fsp3) is 0.429. The van der Waals surface area contributed by atoms with E-state index >= 15 is 0 Å². The van der Waals surface area contributed by atoms with Crippen molar-refractivity contribution in [2.75, 3.05) is 38.1 Å². The van der Waals surface area contributed by atoms with E-state index in [1.165, 1.54) is 4.52 Å². The maximum atomic E-state index is 14.5. The van der Waals surface area contributed by atoms with Crippen LogP contribution in [0.25, 0.3) is 16.7 Å². The number of nitrogens with zero attached hydrogens (tertiary/aromatic N) is 7. The highest BCUT2D eigenvalue weighted by Gasteiger charge is 2.22. The summed E-state index contributed by atoms with van der Waals surface area (Å²) in [6.07, 6.45) is 0. The summed E-state index contributed by atoms with van der Waals surface area (Å²) < 4.78 is 15.9. The SMILES string of the molecule is Cc1ccc2nc(N3CCN(C)CC3)c3nnnn3c2c1F. The van der Waals surface area contributed by atoms with Crippen LogP contribution < -0.4 is 4.90 Å². The molecule has 0 unspecified atom stereocenters. The fourth-order valence-electron chi connectivity index (χ4n) is 2.82. The van der Waals surface area contributed by atoms with Crippen LogP contribution in [0.3, 0.4) is 0 Å². The quantitative estimate of drug-likeness (QED) is 0.665. The second kappa shape index (κ2) is 4.84. The lowest BCUT2D eigenvalue weighted by Crippen LogP contribution is -2.45. The van der Waals surface area contributed by atoms with Gasteiger partial charge in [-0.25, -0.2) is 9.37 Å². The molecule has 0 radical (unpaired) electrons. The first-order chi connectivity index (χ1) is 10.6. The molecule has 1 fully saturated rings. The Labute approximate surface area is 126 Å². The predicted molar refractivity (Wildman–Crippen MR) is 80.5 cm³/mol. The van der Waals surface area contributed by atoms with Gasteiger partial charge in [0.25, 0.3) is 0 Å². The van der Waals surface area contributed by atoms with Crippen molar-refractivity contribution in [1.29, 1.82) is 0 Å². The highest BCUT2D eigenvalue weighted by Crippen LogP contribution is 2.26. The number of fused-ring (bicyclic) bond motifs is 3. The molecule has 3 heterocycles. The van der Waals surface area contributed by atoms with Gasteiger partial charge in [0.05, 0.1) is 5.52 Å². The molecule has 0 atom stereocenters. The number of aryl methyl sites for hydroxylation is 1. The van der Waals surface area contributed by atoms with Crippen LogP contribution in [0.2, 0.25) is 0 Å². The third-order valence-electron chi connectivity index (χ3n) is 4.20. The molecule has 1 saturated heterocycles. The van der Waals surface area contributed by atoms with Crippen LogP contribution in [-0.2, 0) is 0 Å². The van der Waals surface area contributed by atoms with Crippen molar-refractivity contribution in [2.45, 2.75) is 6.92 Å². The molecule has 0 spiro atoms. The number of tetrazole rings is 1. The highest BCUT2D eigenvalue weighted by molar-refractivity contribution is 5.83. The van der Waals surface area contributed by atoms with E-state index in [0.29, 0.717) is 28.1 Å². The molecule has 0 saturated carbocycles. The molecule has 1 aliphatic rings. The van der Waals surface area contributed by atoms with Crippen molar-refractivity contribution >= 4 is 22.5 Å². The van der Waals surface area contributed by atoms with Gasteiger partial charge in [-0.05, 0) is 36.0 Å². The van der Waals surface area contributed by atoms with Gasteiger partial charge in [-0.1, -0.05) is 6.07 Å². The van der Waals surface area contributed by atoms with Crippen LogP contribution in [0.4, 0.5) is 10.2 Å². The van der Waals surface area contributed by atoms with Crippen LogP contribution in [-0.4, -0.2) is 63.2 Å². The Balaban J connectivity index is 1.95. The van der Waals surface area contributed by atoms with E-state index in [1.807, 2.05) is 6.07 Å². The number of hydrogen-bond donors (Lipinski definition) is 0. The van der Waals surface area contributed by atoms with E-state index in [4.69, 9.17) is 0 Å². The lowest BCUT2D eigenvalue weighted by atomic mass is 10.2. The number of anilines is 1. The van der Waals surface area contributed by atoms with Crippen molar-refractivity contribution in [1.82, 2.24) is 29.9 Å². The second-order valence-corrected chi connectivity index (χ2v) is 5.70. The van der Waals surface area contributed by atoms with Crippen LogP contribution in [0, 0.1) is 12.7 Å². The van der Waals surface area contributed by atoms with Crippen LogP contribution >= 0.6 is 0 Å². The van der Waals surface area contributed by atoms with E-state index < -0.39 is 0 Å². The van der Waals surface area contributed by atoms with Gasteiger partial charge in [-0.3, -0.25) is 0 Å². The van der Waals surface area contributed by atoms with E-state index in [0.717, 1.165) is 26.2 Å². The zero-order valence-electron chi connectivity index (χ0n) is 12.5. The third-order valence-corrected chi connectivity index (χ3v) is 4.20. The molecule has 0 amide bonds. The molecule has 0 aliphatic carbocycles. The topological polar surface area (TPSA) is 62.5 Å². The summed E-state index contributed by atoms with van der Waals surface area (Å²) in [7, 11) is 2.09. The van der Waals surface area contributed by atoms with E-state index in [1.54, 1.807) is 13.0 Å². The minimum Gasteiger partial charge on any atom is -0.351 e. The smallest absolute Gasteiger partial charge is 0.222 e. The number of rotatable bonds is 1. The van der Waals surface area contributed by atoms with Crippen molar-refractivity contribution in [3.05, 3.63) is 23.5 Å². The van der Waals surface area contributed by atoms with Gasteiger partial charge in [0.1, 0.15) is 5.52 Å². The van der Waals surface area contributed by atoms with Gasteiger partial charge in [0.2, 0.25) is 5.65 Å². The minimum absolute atomic E-state index is 0.327. The Hall–Kier alpha value is -2.35. The molecule has 4 rings (SSSR count). The molecule has 114 valence electrons. The van der Waals surface area contributed by atoms with E-state index in [9.17, 15) is 4.39 Å². The molecule has 0 bridgehead atoms. The first kappa shape index (κ1) is 13.3. The van der Waals surface area contributed by atoms with Crippen molar-refractivity contribution in [3.63, 3.8) is 0 Å². The summed E-state index contributed by atoms with van der Waals surface area (Å²) in [6, 6.07) is 3.54. The van der Waals surface area contributed by atoms with Crippen LogP contribution in [0.5, 0.6) is 0 Å². The third kappa shape index (κ3) is 1.91. The molecule has 1 aliphatic heterocycles. The summed E-state index contributed by atoms with van der Waals surface area (Å²) in [6.45, 7) is 5.34. The Morgan fingerprint density at radius 3 is 2.68 bits per heavy atom. The summed E-state index contributed by atoms with van der Waals surface area (Å²) in [5.74, 6) is 0.390. The molecule has 7 nitrogen and oxygen atoms in total. The largest absolute Gasteiger partial charge is 0.351 e. The molecule has 8 heteroatoms. The average Bonchev–Trinajstić information content (AvgIpc) is 3.00. The standard InChI is InChI=1S/C14H16FN7/c1-9-3-4-10-12(11(9)15)22-14(17-18-19-22)13(16-10)21-7-5-20(2)6-8-21/h3-4H,5-8H2,1-2H3. The molecular formula is C14H16FN7. The van der Waals surface area contributed by atoms with Gasteiger partial charge in [0.15, 0.2) is 11.6 Å². The minimum atomic E-state index is -0.327. The second-order valence-electron chi connectivity index (χ2n) is 5.70. The van der Waals surface area contributed by atoms with Gasteiger partial charge < -0.3 is 9.80 Å². The zero-order chi connectivity index (χ0) is 15.3. The fourth-order valence-corrected chi connectivity index (χ4v) is 2.82. The lowest BCUT2D eigenvalue weighted by Gasteiger charge is -2.33. The van der Waals surface area contributed by atoms with E-state index in [2.05, 4.69) is 37.4 Å². The summed E-state index contributed by atoms with van der Waals surface area (Å²) in [4.78, 5) is 9.05. The average molecular weight is 301 g/mol. The zero-order valence-corrected chi connectivity index (χ0v) is 12.5. The Kier molecular flexibility index (Phi) is 2.93. The van der Waals surface area contributed by atoms with Crippen LogP contribution in [0.1, 0.15) is 5.56 Å². The number of hydrogen-bond acceptors (Lipinski definition) is 6. The number of likely N-dealkylation sites (N-methyl/N-ethyl adjacent to an activating group) is 1. The molecular weight excluding hydrogens is 285 g/mol. The first-order valence-electron chi connectivity index (χ1n) is 7.25. The van der Waals surface area contributed by atoms with Crippen molar-refractivity contribution in [3.8, 4) is 0 Å². The summed E-state index contributed by atoms with van der Waals surface area (Å²) in [5.41, 5.74) is 1.95. The van der Waals surface area contributed by atoms with Crippen molar-refractivity contribution in [2.24, 2.45) is 0 Å². The summed E-state index contributed by atoms with van der Waals surface area (Å²) in [5, 5.41) is 11.7. The maximum Gasteiger partial charge on any atom is 0.222 e. The number of aromatic nitrogens is 5.